The minimum absolute atomic E-state index is 0.964. The molecule has 0 aliphatic carbocycles. The van der Waals surface area contributed by atoms with Gasteiger partial charge in [-0.3, -0.25) is 0 Å². The number of pyridine rings is 1. The molecule has 3 aromatic rings. The van der Waals surface area contributed by atoms with Crippen LogP contribution in [0.1, 0.15) is 6.92 Å². The van der Waals surface area contributed by atoms with E-state index in [1.165, 1.54) is 0 Å². The van der Waals surface area contributed by atoms with Crippen molar-refractivity contribution in [2.45, 2.75) is 6.92 Å². The van der Waals surface area contributed by atoms with Gasteiger partial charge in [-0.15, -0.1) is 0 Å². The molecule has 0 spiro atoms. The summed E-state index contributed by atoms with van der Waals surface area (Å²) in [5.74, 6) is 2.00. The number of aromatic nitrogens is 3. The van der Waals surface area contributed by atoms with Gasteiger partial charge in [-0.25, -0.2) is 9.97 Å². The topological polar surface area (TPSA) is 37.2 Å². The number of hydrogen-bond donors (Lipinski definition) is 0. The van der Waals surface area contributed by atoms with Crippen molar-refractivity contribution < 1.29 is 0 Å². The number of nitrogens with zero attached hydrogens (tertiary/aromatic N) is 5. The first-order valence-corrected chi connectivity index (χ1v) is 8.67. The molecule has 2 aromatic heterocycles. The van der Waals surface area contributed by atoms with Gasteiger partial charge in [0.25, 0.3) is 0 Å². The highest BCUT2D eigenvalue weighted by Crippen LogP contribution is 2.26. The Kier molecular flexibility index (Phi) is 3.92. The Bertz CT molecular complexity index is 919. The molecule has 0 atom stereocenters. The lowest BCUT2D eigenvalue weighted by Gasteiger charge is -2.36. The van der Waals surface area contributed by atoms with Gasteiger partial charge in [-0.1, -0.05) is 18.7 Å². The maximum Gasteiger partial charge on any atom is 0.141 e. The van der Waals surface area contributed by atoms with E-state index in [4.69, 9.17) is 4.98 Å². The summed E-state index contributed by atoms with van der Waals surface area (Å²) in [7, 11) is 2.07. The molecule has 4 rings (SSSR count). The van der Waals surface area contributed by atoms with E-state index in [0.29, 0.717) is 0 Å². The molecule has 0 radical (unpaired) electrons. The van der Waals surface area contributed by atoms with Gasteiger partial charge in [0.05, 0.1) is 11.0 Å². The molecule has 128 valence electrons. The molecule has 1 aliphatic rings. The summed E-state index contributed by atoms with van der Waals surface area (Å²) in [5, 5.41) is 0. The average molecular weight is 333 g/mol. The van der Waals surface area contributed by atoms with E-state index in [9.17, 15) is 0 Å². The minimum atomic E-state index is 0.964. The van der Waals surface area contributed by atoms with Gasteiger partial charge in [0.1, 0.15) is 11.6 Å². The summed E-state index contributed by atoms with van der Waals surface area (Å²) in [6.07, 6.45) is 1.88. The SMILES string of the molecule is C=C(C)N1CCN(c2cc(-c3nc4ccccc4n3C)ccn2)CC1. The molecule has 0 amide bonds. The first-order valence-electron chi connectivity index (χ1n) is 8.67. The zero-order valence-electron chi connectivity index (χ0n) is 14.8. The highest BCUT2D eigenvalue weighted by molar-refractivity contribution is 5.80. The molecule has 25 heavy (non-hydrogen) atoms. The van der Waals surface area contributed by atoms with E-state index in [2.05, 4.69) is 58.1 Å². The van der Waals surface area contributed by atoms with Gasteiger partial charge in [0, 0.05) is 50.7 Å². The lowest BCUT2D eigenvalue weighted by Crippen LogP contribution is -2.45. The second kappa shape index (κ2) is 6.24. The molecule has 0 unspecified atom stereocenters. The molecule has 1 saturated heterocycles. The highest BCUT2D eigenvalue weighted by atomic mass is 15.3. The smallest absolute Gasteiger partial charge is 0.141 e. The predicted octanol–water partition coefficient (Wildman–Crippen LogP) is 3.29. The summed E-state index contributed by atoms with van der Waals surface area (Å²) < 4.78 is 2.15. The predicted molar refractivity (Wildman–Crippen MR) is 103 cm³/mol. The quantitative estimate of drug-likeness (QED) is 0.737. The second-order valence-electron chi connectivity index (χ2n) is 6.60. The zero-order chi connectivity index (χ0) is 17.4. The van der Waals surface area contributed by atoms with Gasteiger partial charge < -0.3 is 14.4 Å². The van der Waals surface area contributed by atoms with Crippen molar-refractivity contribution in [2.24, 2.45) is 7.05 Å². The molecule has 0 N–H and O–H groups in total. The number of anilines is 1. The number of para-hydroxylation sites is 2. The Hall–Kier alpha value is -2.82. The van der Waals surface area contributed by atoms with Crippen LogP contribution in [-0.2, 0) is 7.05 Å². The van der Waals surface area contributed by atoms with Crippen LogP contribution in [0.3, 0.4) is 0 Å². The standard InChI is InChI=1S/C20H23N5/c1-15(2)24-10-12-25(13-11-24)19-14-16(8-9-21-19)20-22-17-6-4-5-7-18(17)23(20)3/h4-9,14H,1,10-13H2,2-3H3. The molecule has 1 aliphatic heterocycles. The fourth-order valence-electron chi connectivity index (χ4n) is 3.45. The molecule has 1 aromatic carbocycles. The summed E-state index contributed by atoms with van der Waals surface area (Å²) in [6, 6.07) is 12.4. The van der Waals surface area contributed by atoms with E-state index < -0.39 is 0 Å². The number of piperazine rings is 1. The molecular formula is C20H23N5. The largest absolute Gasteiger partial charge is 0.372 e. The molecule has 1 fully saturated rings. The van der Waals surface area contributed by atoms with E-state index in [-0.39, 0.29) is 0 Å². The van der Waals surface area contributed by atoms with Crippen LogP contribution in [0, 0.1) is 0 Å². The first kappa shape index (κ1) is 15.7. The molecule has 0 saturated carbocycles. The number of rotatable bonds is 3. The monoisotopic (exact) mass is 333 g/mol. The number of imidazole rings is 1. The third-order valence-corrected chi connectivity index (χ3v) is 4.93. The first-order chi connectivity index (χ1) is 12.1. The summed E-state index contributed by atoms with van der Waals surface area (Å²) >= 11 is 0. The van der Waals surface area contributed by atoms with E-state index in [0.717, 1.165) is 60.1 Å². The number of benzene rings is 1. The number of aryl methyl sites for hydroxylation is 1. The van der Waals surface area contributed by atoms with Crippen LogP contribution in [0.2, 0.25) is 0 Å². The van der Waals surface area contributed by atoms with E-state index >= 15 is 0 Å². The maximum atomic E-state index is 4.80. The average Bonchev–Trinajstić information content (AvgIpc) is 2.99. The van der Waals surface area contributed by atoms with Crippen molar-refractivity contribution in [3.05, 3.63) is 54.9 Å². The van der Waals surface area contributed by atoms with E-state index in [1.807, 2.05) is 24.4 Å². The molecule has 3 heterocycles. The molecule has 5 heteroatoms. The molecular weight excluding hydrogens is 310 g/mol. The lowest BCUT2D eigenvalue weighted by molar-refractivity contribution is 0.322. The molecule has 5 nitrogen and oxygen atoms in total. The maximum absolute atomic E-state index is 4.80. The lowest BCUT2D eigenvalue weighted by atomic mass is 10.2. The third-order valence-electron chi connectivity index (χ3n) is 4.93. The number of fused-ring (bicyclic) bond motifs is 1. The summed E-state index contributed by atoms with van der Waals surface area (Å²) in [6.45, 7) is 10.0. The summed E-state index contributed by atoms with van der Waals surface area (Å²) in [4.78, 5) is 14.1. The minimum Gasteiger partial charge on any atom is -0.372 e. The van der Waals surface area contributed by atoms with Crippen LogP contribution >= 0.6 is 0 Å². The van der Waals surface area contributed by atoms with Gasteiger partial charge in [-0.05, 0) is 31.2 Å². The van der Waals surface area contributed by atoms with Crippen molar-refractivity contribution in [2.75, 3.05) is 31.1 Å². The van der Waals surface area contributed by atoms with Crippen LogP contribution in [-0.4, -0.2) is 45.6 Å². The number of hydrogen-bond acceptors (Lipinski definition) is 4. The zero-order valence-corrected chi connectivity index (χ0v) is 14.8. The van der Waals surface area contributed by atoms with Crippen LogP contribution < -0.4 is 4.90 Å². The van der Waals surface area contributed by atoms with Crippen molar-refractivity contribution >= 4 is 16.9 Å². The van der Waals surface area contributed by atoms with Crippen LogP contribution in [0.5, 0.6) is 0 Å². The van der Waals surface area contributed by atoms with Crippen LogP contribution in [0.4, 0.5) is 5.82 Å². The fourth-order valence-corrected chi connectivity index (χ4v) is 3.45. The van der Waals surface area contributed by atoms with Crippen LogP contribution in [0.25, 0.3) is 22.4 Å². The van der Waals surface area contributed by atoms with Crippen molar-refractivity contribution in [1.82, 2.24) is 19.4 Å². The van der Waals surface area contributed by atoms with Crippen LogP contribution in [0.15, 0.2) is 54.9 Å². The van der Waals surface area contributed by atoms with Gasteiger partial charge in [-0.2, -0.15) is 0 Å². The van der Waals surface area contributed by atoms with Crippen molar-refractivity contribution in [1.29, 1.82) is 0 Å². The Morgan fingerprint density at radius 1 is 1.08 bits per heavy atom. The Labute approximate surface area is 148 Å². The van der Waals surface area contributed by atoms with Gasteiger partial charge >= 0.3 is 0 Å². The van der Waals surface area contributed by atoms with Crippen molar-refractivity contribution in [3.8, 4) is 11.4 Å². The highest BCUT2D eigenvalue weighted by Gasteiger charge is 2.18. The van der Waals surface area contributed by atoms with Gasteiger partial charge in [0.15, 0.2) is 0 Å². The normalized spacial score (nSPS) is 15.0. The second-order valence-corrected chi connectivity index (χ2v) is 6.60. The molecule has 0 bridgehead atoms. The number of allylic oxidation sites excluding steroid dienone is 1. The van der Waals surface area contributed by atoms with Gasteiger partial charge in [0.2, 0.25) is 0 Å². The Morgan fingerprint density at radius 2 is 1.84 bits per heavy atom. The Balaban J connectivity index is 1.63. The Morgan fingerprint density at radius 3 is 2.56 bits per heavy atom. The van der Waals surface area contributed by atoms with E-state index in [1.54, 1.807) is 0 Å². The van der Waals surface area contributed by atoms with Crippen molar-refractivity contribution in [3.63, 3.8) is 0 Å². The fraction of sp³-hybridized carbons (Fsp3) is 0.300. The summed E-state index contributed by atoms with van der Waals surface area (Å²) in [5.41, 5.74) is 4.41. The third kappa shape index (κ3) is 2.86.